The van der Waals surface area contributed by atoms with Crippen LogP contribution in [0.1, 0.15) is 28.9 Å². The predicted octanol–water partition coefficient (Wildman–Crippen LogP) is 1.22. The molecule has 3 heterocycles. The molecule has 7 heteroatoms. The first-order valence-electron chi connectivity index (χ1n) is 9.54. The number of nitrogens with zero attached hydrogens (tertiary/aromatic N) is 4. The van der Waals surface area contributed by atoms with Crippen LogP contribution in [0.15, 0.2) is 36.5 Å². The lowest BCUT2D eigenvalue weighted by atomic mass is 10.0. The van der Waals surface area contributed by atoms with Crippen LogP contribution in [-0.4, -0.2) is 70.2 Å². The molecule has 1 aromatic heterocycles. The van der Waals surface area contributed by atoms with Crippen molar-refractivity contribution in [3.05, 3.63) is 47.8 Å². The normalized spacial score (nSPS) is 20.8. The van der Waals surface area contributed by atoms with Gasteiger partial charge in [-0.1, -0.05) is 18.2 Å². The number of nitrogens with one attached hydrogen (secondary N) is 1. The van der Waals surface area contributed by atoms with E-state index in [1.54, 1.807) is 10.9 Å². The molecule has 1 aromatic carbocycles. The van der Waals surface area contributed by atoms with Crippen molar-refractivity contribution in [3.63, 3.8) is 0 Å². The molecule has 0 aliphatic carbocycles. The highest BCUT2D eigenvalue weighted by Gasteiger charge is 2.32. The molecule has 1 atom stereocenters. The summed E-state index contributed by atoms with van der Waals surface area (Å²) in [5, 5.41) is 7.53. The third-order valence-electron chi connectivity index (χ3n) is 5.49. The van der Waals surface area contributed by atoms with Gasteiger partial charge in [0.25, 0.3) is 5.91 Å². The monoisotopic (exact) mass is 367 g/mol. The Balaban J connectivity index is 1.51. The van der Waals surface area contributed by atoms with Gasteiger partial charge in [0, 0.05) is 32.2 Å². The van der Waals surface area contributed by atoms with Gasteiger partial charge in [0.15, 0.2) is 0 Å². The Hall–Kier alpha value is -2.67. The van der Waals surface area contributed by atoms with Crippen molar-refractivity contribution < 1.29 is 9.59 Å². The summed E-state index contributed by atoms with van der Waals surface area (Å²) in [7, 11) is 0. The molecule has 2 fully saturated rings. The van der Waals surface area contributed by atoms with Crippen LogP contribution in [0.25, 0.3) is 5.69 Å². The van der Waals surface area contributed by atoms with Crippen LogP contribution in [0, 0.1) is 6.92 Å². The number of amides is 2. The lowest BCUT2D eigenvalue weighted by Gasteiger charge is -2.41. The molecule has 1 N–H and O–H groups in total. The molecule has 0 spiro atoms. The first-order valence-corrected chi connectivity index (χ1v) is 9.54. The van der Waals surface area contributed by atoms with Gasteiger partial charge in [-0.2, -0.15) is 5.10 Å². The zero-order chi connectivity index (χ0) is 18.8. The minimum Gasteiger partial charge on any atom is -0.336 e. The molecule has 4 rings (SSSR count). The molecule has 2 amide bonds. The van der Waals surface area contributed by atoms with E-state index in [2.05, 4.69) is 10.4 Å². The summed E-state index contributed by atoms with van der Waals surface area (Å²) in [5.74, 6) is 0.135. The molecule has 142 valence electrons. The summed E-state index contributed by atoms with van der Waals surface area (Å²) in [4.78, 5) is 29.2. The summed E-state index contributed by atoms with van der Waals surface area (Å²) < 4.78 is 1.80. The maximum atomic E-state index is 13.1. The zero-order valence-electron chi connectivity index (χ0n) is 15.6. The molecular weight excluding hydrogens is 342 g/mol. The third-order valence-corrected chi connectivity index (χ3v) is 5.49. The molecule has 2 aliphatic rings. The second kappa shape index (κ2) is 7.52. The van der Waals surface area contributed by atoms with Gasteiger partial charge in [-0.15, -0.1) is 0 Å². The maximum Gasteiger partial charge on any atom is 0.257 e. The first-order chi connectivity index (χ1) is 13.1. The van der Waals surface area contributed by atoms with E-state index < -0.39 is 0 Å². The van der Waals surface area contributed by atoms with E-state index >= 15 is 0 Å². The molecule has 7 nitrogen and oxygen atoms in total. The molecule has 0 bridgehead atoms. The summed E-state index contributed by atoms with van der Waals surface area (Å²) in [6, 6.07) is 9.93. The number of piperazine rings is 1. The third kappa shape index (κ3) is 3.47. The molecule has 27 heavy (non-hydrogen) atoms. The quantitative estimate of drug-likeness (QED) is 0.886. The van der Waals surface area contributed by atoms with Crippen LogP contribution in [-0.2, 0) is 4.79 Å². The number of hydrogen-bond acceptors (Lipinski definition) is 4. The van der Waals surface area contributed by atoms with Crippen molar-refractivity contribution >= 4 is 11.8 Å². The van der Waals surface area contributed by atoms with Crippen LogP contribution in [0.5, 0.6) is 0 Å². The van der Waals surface area contributed by atoms with E-state index in [0.717, 1.165) is 43.9 Å². The fourth-order valence-electron chi connectivity index (χ4n) is 4.02. The van der Waals surface area contributed by atoms with E-state index in [1.165, 1.54) is 0 Å². The topological polar surface area (TPSA) is 70.5 Å². The Labute approximate surface area is 158 Å². The fourth-order valence-corrected chi connectivity index (χ4v) is 4.02. The highest BCUT2D eigenvalue weighted by atomic mass is 16.2. The van der Waals surface area contributed by atoms with Crippen LogP contribution in [0.3, 0.4) is 0 Å². The Morgan fingerprint density at radius 3 is 2.81 bits per heavy atom. The van der Waals surface area contributed by atoms with Gasteiger partial charge in [0.1, 0.15) is 0 Å². The number of benzene rings is 1. The summed E-state index contributed by atoms with van der Waals surface area (Å²) in [6.07, 6.45) is 3.53. The number of carbonyl (C=O) groups excluding carboxylic acids is 2. The molecule has 2 aromatic rings. The van der Waals surface area contributed by atoms with Gasteiger partial charge >= 0.3 is 0 Å². The van der Waals surface area contributed by atoms with Crippen molar-refractivity contribution in [2.45, 2.75) is 25.8 Å². The predicted molar refractivity (Wildman–Crippen MR) is 102 cm³/mol. The summed E-state index contributed by atoms with van der Waals surface area (Å²) in [6.45, 7) is 5.18. The minimum atomic E-state index is 0.00182. The maximum absolute atomic E-state index is 13.1. The average Bonchev–Trinajstić information content (AvgIpc) is 3.10. The Morgan fingerprint density at radius 2 is 2.04 bits per heavy atom. The first kappa shape index (κ1) is 17.7. The Morgan fingerprint density at radius 1 is 1.22 bits per heavy atom. The lowest BCUT2D eigenvalue weighted by molar-refractivity contribution is -0.135. The van der Waals surface area contributed by atoms with E-state index in [-0.39, 0.29) is 17.9 Å². The second-order valence-electron chi connectivity index (χ2n) is 7.20. The van der Waals surface area contributed by atoms with E-state index in [4.69, 9.17) is 0 Å². The van der Waals surface area contributed by atoms with Crippen LogP contribution < -0.4 is 5.32 Å². The van der Waals surface area contributed by atoms with Crippen molar-refractivity contribution in [1.29, 1.82) is 0 Å². The van der Waals surface area contributed by atoms with E-state index in [1.807, 2.05) is 47.1 Å². The minimum absolute atomic E-state index is 0.00182. The lowest BCUT2D eigenvalue weighted by Crippen LogP contribution is -2.57. The molecule has 2 aliphatic heterocycles. The molecule has 0 saturated carbocycles. The largest absolute Gasteiger partial charge is 0.336 e. The zero-order valence-corrected chi connectivity index (χ0v) is 15.6. The summed E-state index contributed by atoms with van der Waals surface area (Å²) >= 11 is 0. The molecule has 2 saturated heterocycles. The average molecular weight is 367 g/mol. The van der Waals surface area contributed by atoms with Crippen molar-refractivity contribution in [2.75, 3.05) is 32.7 Å². The number of para-hydroxylation sites is 1. The fraction of sp³-hybridized carbons (Fsp3) is 0.450. The Kier molecular flexibility index (Phi) is 4.94. The van der Waals surface area contributed by atoms with Crippen molar-refractivity contribution in [3.8, 4) is 5.69 Å². The Bertz CT molecular complexity index is 832. The number of carbonyl (C=O) groups is 2. The SMILES string of the molecule is Cc1c(C(=O)N2CCCC(N3CCNCC3=O)C2)cnn1-c1ccccc1. The molecular formula is C20H25N5O2. The van der Waals surface area contributed by atoms with E-state index in [9.17, 15) is 9.59 Å². The van der Waals surface area contributed by atoms with Crippen LogP contribution >= 0.6 is 0 Å². The van der Waals surface area contributed by atoms with Crippen molar-refractivity contribution in [2.24, 2.45) is 0 Å². The smallest absolute Gasteiger partial charge is 0.257 e. The number of likely N-dealkylation sites (tertiary alicyclic amines) is 1. The second-order valence-corrected chi connectivity index (χ2v) is 7.20. The number of hydrogen-bond donors (Lipinski definition) is 1. The van der Waals surface area contributed by atoms with Gasteiger partial charge in [-0.3, -0.25) is 9.59 Å². The van der Waals surface area contributed by atoms with Gasteiger partial charge in [0.05, 0.1) is 29.7 Å². The number of piperidine rings is 1. The highest BCUT2D eigenvalue weighted by molar-refractivity contribution is 5.95. The summed E-state index contributed by atoms with van der Waals surface area (Å²) in [5.41, 5.74) is 2.41. The van der Waals surface area contributed by atoms with Crippen LogP contribution in [0.4, 0.5) is 0 Å². The van der Waals surface area contributed by atoms with Gasteiger partial charge in [-0.05, 0) is 31.9 Å². The molecule has 0 radical (unpaired) electrons. The standard InChI is InChI=1S/C20H25N5O2/c1-15-18(12-22-25(15)16-6-3-2-4-7-16)20(27)23-10-5-8-17(14-23)24-11-9-21-13-19(24)26/h2-4,6-7,12,17,21H,5,8-11,13-14H2,1H3. The van der Waals surface area contributed by atoms with E-state index in [0.29, 0.717) is 18.7 Å². The van der Waals surface area contributed by atoms with Crippen LogP contribution in [0.2, 0.25) is 0 Å². The van der Waals surface area contributed by atoms with Crippen molar-refractivity contribution in [1.82, 2.24) is 24.9 Å². The van der Waals surface area contributed by atoms with Gasteiger partial charge < -0.3 is 15.1 Å². The van der Waals surface area contributed by atoms with Gasteiger partial charge in [-0.25, -0.2) is 4.68 Å². The number of aromatic nitrogens is 2. The highest BCUT2D eigenvalue weighted by Crippen LogP contribution is 2.21. The molecule has 1 unspecified atom stereocenters. The van der Waals surface area contributed by atoms with Gasteiger partial charge in [0.2, 0.25) is 5.91 Å². The number of rotatable bonds is 3.